The highest BCUT2D eigenvalue weighted by molar-refractivity contribution is 5.80. The lowest BCUT2D eigenvalue weighted by molar-refractivity contribution is -0.150. The smallest absolute Gasteiger partial charge is 0.352 e. The van der Waals surface area contributed by atoms with Gasteiger partial charge in [0, 0.05) is 12.5 Å². The van der Waals surface area contributed by atoms with E-state index in [2.05, 4.69) is 10.3 Å². The quantitative estimate of drug-likeness (QED) is 0.904. The van der Waals surface area contributed by atoms with Crippen molar-refractivity contribution in [2.24, 2.45) is 5.92 Å². The van der Waals surface area contributed by atoms with Gasteiger partial charge >= 0.3 is 6.18 Å². The van der Waals surface area contributed by atoms with E-state index < -0.39 is 36.0 Å². The lowest BCUT2D eigenvalue weighted by Gasteiger charge is -2.32. The van der Waals surface area contributed by atoms with Crippen LogP contribution in [0.3, 0.4) is 0 Å². The normalized spacial score (nSPS) is 20.9. The molecule has 1 aliphatic carbocycles. The summed E-state index contributed by atoms with van der Waals surface area (Å²) in [6.07, 6.45) is -1.50. The van der Waals surface area contributed by atoms with Crippen LogP contribution in [0.15, 0.2) is 35.3 Å². The van der Waals surface area contributed by atoms with Gasteiger partial charge in [-0.05, 0) is 30.9 Å². The van der Waals surface area contributed by atoms with Crippen molar-refractivity contribution >= 4 is 16.9 Å². The van der Waals surface area contributed by atoms with Crippen LogP contribution in [-0.4, -0.2) is 27.7 Å². The van der Waals surface area contributed by atoms with Crippen LogP contribution in [0.2, 0.25) is 0 Å². The van der Waals surface area contributed by atoms with Crippen LogP contribution in [0.5, 0.6) is 0 Å². The Morgan fingerprint density at radius 3 is 2.73 bits per heavy atom. The van der Waals surface area contributed by atoms with Gasteiger partial charge in [-0.15, -0.1) is 0 Å². The Labute approximate surface area is 148 Å². The molecule has 1 aromatic heterocycles. The number of para-hydroxylation sites is 2. The molecule has 140 valence electrons. The number of fused-ring (bicyclic) bond motifs is 1. The number of rotatable bonds is 4. The number of nitrogens with zero attached hydrogens (tertiary/aromatic N) is 2. The van der Waals surface area contributed by atoms with Gasteiger partial charge in [0.2, 0.25) is 5.91 Å². The van der Waals surface area contributed by atoms with Crippen LogP contribution in [0, 0.1) is 5.92 Å². The Bertz CT molecular complexity index is 847. The number of carbonyl (C=O) groups is 1. The summed E-state index contributed by atoms with van der Waals surface area (Å²) in [5.41, 5.74) is 0.674. The molecule has 1 aromatic carbocycles. The first kappa shape index (κ1) is 18.4. The molecule has 1 saturated carbocycles. The van der Waals surface area contributed by atoms with E-state index in [0.29, 0.717) is 23.9 Å². The van der Waals surface area contributed by atoms with Crippen molar-refractivity contribution in [3.63, 3.8) is 0 Å². The van der Waals surface area contributed by atoms with E-state index in [4.69, 9.17) is 0 Å². The van der Waals surface area contributed by atoms with Gasteiger partial charge < -0.3 is 5.32 Å². The second kappa shape index (κ2) is 7.47. The zero-order valence-corrected chi connectivity index (χ0v) is 14.1. The third kappa shape index (κ3) is 4.42. The average Bonchev–Trinajstić information content (AvgIpc) is 2.58. The molecule has 1 aliphatic rings. The Balaban J connectivity index is 1.74. The Morgan fingerprint density at radius 2 is 1.96 bits per heavy atom. The fourth-order valence-electron chi connectivity index (χ4n) is 3.61. The maximum atomic E-state index is 12.8. The summed E-state index contributed by atoms with van der Waals surface area (Å²) in [6, 6.07) is 6.40. The second-order valence-electron chi connectivity index (χ2n) is 6.71. The predicted octanol–water partition coefficient (Wildman–Crippen LogP) is 3.02. The number of hydrogen-bond donors (Lipinski definition) is 1. The molecule has 0 radical (unpaired) electrons. The third-order valence-corrected chi connectivity index (χ3v) is 4.80. The van der Waals surface area contributed by atoms with Crippen LogP contribution in [-0.2, 0) is 11.3 Å². The summed E-state index contributed by atoms with van der Waals surface area (Å²) in [4.78, 5) is 28.5. The van der Waals surface area contributed by atoms with Gasteiger partial charge in [-0.2, -0.15) is 13.2 Å². The number of halogens is 3. The average molecular weight is 367 g/mol. The fraction of sp³-hybridized carbons (Fsp3) is 0.500. The Kier molecular flexibility index (Phi) is 5.29. The van der Waals surface area contributed by atoms with Gasteiger partial charge in [0.25, 0.3) is 5.56 Å². The number of benzene rings is 1. The molecular formula is C18H20F3N3O2. The Hall–Kier alpha value is -2.38. The standard InChI is InChI=1S/C18H20F3N3O2/c19-18(20,21)9-12-5-1-2-6-13(12)23-16(25)11-24-15-8-4-3-7-14(15)22-10-17(24)26/h3-4,7-8,10,12-13H,1-2,5-6,9,11H2,(H,23,25)/t12-,13-/m0/s1. The zero-order chi connectivity index (χ0) is 18.7. The highest BCUT2D eigenvalue weighted by Gasteiger charge is 2.37. The van der Waals surface area contributed by atoms with Crippen LogP contribution in [0.4, 0.5) is 13.2 Å². The molecule has 0 saturated heterocycles. The number of nitrogens with one attached hydrogen (secondary N) is 1. The molecule has 1 amide bonds. The van der Waals surface area contributed by atoms with Gasteiger partial charge in [0.05, 0.1) is 17.2 Å². The van der Waals surface area contributed by atoms with Crippen molar-refractivity contribution in [3.05, 3.63) is 40.8 Å². The number of hydrogen-bond acceptors (Lipinski definition) is 3. The molecule has 0 bridgehead atoms. The molecular weight excluding hydrogens is 347 g/mol. The van der Waals surface area contributed by atoms with E-state index in [1.54, 1.807) is 24.3 Å². The number of carbonyl (C=O) groups excluding carboxylic acids is 1. The molecule has 1 N–H and O–H groups in total. The number of alkyl halides is 3. The summed E-state index contributed by atoms with van der Waals surface area (Å²) in [5, 5.41) is 2.71. The maximum Gasteiger partial charge on any atom is 0.389 e. The molecule has 0 spiro atoms. The van der Waals surface area contributed by atoms with E-state index in [9.17, 15) is 22.8 Å². The minimum Gasteiger partial charge on any atom is -0.352 e. The highest BCUT2D eigenvalue weighted by atomic mass is 19.4. The summed E-state index contributed by atoms with van der Waals surface area (Å²) in [5.74, 6) is -1.07. The molecule has 3 rings (SSSR count). The summed E-state index contributed by atoms with van der Waals surface area (Å²) in [7, 11) is 0. The summed E-state index contributed by atoms with van der Waals surface area (Å²) in [6.45, 7) is -0.239. The first-order valence-electron chi connectivity index (χ1n) is 8.64. The second-order valence-corrected chi connectivity index (χ2v) is 6.71. The number of aromatic nitrogens is 2. The van der Waals surface area contributed by atoms with E-state index >= 15 is 0 Å². The van der Waals surface area contributed by atoms with Crippen molar-refractivity contribution in [3.8, 4) is 0 Å². The van der Waals surface area contributed by atoms with Gasteiger partial charge in [-0.25, -0.2) is 4.98 Å². The van der Waals surface area contributed by atoms with Crippen molar-refractivity contribution in [1.29, 1.82) is 0 Å². The first-order chi connectivity index (χ1) is 12.3. The lowest BCUT2D eigenvalue weighted by Crippen LogP contribution is -2.45. The first-order valence-corrected chi connectivity index (χ1v) is 8.64. The van der Waals surface area contributed by atoms with Gasteiger partial charge in [0.15, 0.2) is 0 Å². The summed E-state index contributed by atoms with van der Waals surface area (Å²) < 4.78 is 39.6. The van der Waals surface area contributed by atoms with Gasteiger partial charge in [0.1, 0.15) is 6.54 Å². The van der Waals surface area contributed by atoms with E-state index in [0.717, 1.165) is 19.0 Å². The van der Waals surface area contributed by atoms with Crippen LogP contribution in [0.25, 0.3) is 11.0 Å². The molecule has 0 aliphatic heterocycles. The van der Waals surface area contributed by atoms with E-state index in [1.807, 2.05) is 0 Å². The summed E-state index contributed by atoms with van der Waals surface area (Å²) >= 11 is 0. The number of amides is 1. The van der Waals surface area contributed by atoms with Gasteiger partial charge in [-0.3, -0.25) is 14.2 Å². The van der Waals surface area contributed by atoms with Crippen molar-refractivity contribution in [2.75, 3.05) is 0 Å². The topological polar surface area (TPSA) is 64.0 Å². The van der Waals surface area contributed by atoms with Crippen LogP contribution < -0.4 is 10.9 Å². The highest BCUT2D eigenvalue weighted by Crippen LogP contribution is 2.34. The minimum absolute atomic E-state index is 0.239. The van der Waals surface area contributed by atoms with Gasteiger partial charge in [-0.1, -0.05) is 25.0 Å². The van der Waals surface area contributed by atoms with E-state index in [-0.39, 0.29) is 6.54 Å². The lowest BCUT2D eigenvalue weighted by atomic mass is 9.82. The monoisotopic (exact) mass is 367 g/mol. The zero-order valence-electron chi connectivity index (χ0n) is 14.1. The fourth-order valence-corrected chi connectivity index (χ4v) is 3.61. The van der Waals surface area contributed by atoms with Crippen LogP contribution in [0.1, 0.15) is 32.1 Å². The largest absolute Gasteiger partial charge is 0.389 e. The molecule has 5 nitrogen and oxygen atoms in total. The molecule has 1 fully saturated rings. The van der Waals surface area contributed by atoms with Crippen LogP contribution >= 0.6 is 0 Å². The van der Waals surface area contributed by atoms with Crippen molar-refractivity contribution < 1.29 is 18.0 Å². The Morgan fingerprint density at radius 1 is 1.23 bits per heavy atom. The SMILES string of the molecule is O=C(Cn1c(=O)cnc2ccccc21)N[C@H]1CCCC[C@H]1CC(F)(F)F. The molecule has 1 heterocycles. The molecule has 2 aromatic rings. The molecule has 0 unspecified atom stereocenters. The predicted molar refractivity (Wildman–Crippen MR) is 90.6 cm³/mol. The maximum absolute atomic E-state index is 12.8. The molecule has 26 heavy (non-hydrogen) atoms. The van der Waals surface area contributed by atoms with E-state index in [1.165, 1.54) is 4.57 Å². The molecule has 8 heteroatoms. The third-order valence-electron chi connectivity index (χ3n) is 4.80. The van der Waals surface area contributed by atoms with Crippen molar-refractivity contribution in [1.82, 2.24) is 14.9 Å². The molecule has 2 atom stereocenters. The minimum atomic E-state index is -4.25. The van der Waals surface area contributed by atoms with Crippen molar-refractivity contribution in [2.45, 2.75) is 50.9 Å².